The molecule has 0 aliphatic carbocycles. The van der Waals surface area contributed by atoms with E-state index in [1.165, 1.54) is 18.2 Å². The zero-order chi connectivity index (χ0) is 27.6. The molecule has 13 heteroatoms. The number of carbonyl (C=O) groups excluding carboxylic acids is 1. The Morgan fingerprint density at radius 3 is 2.36 bits per heavy atom. The minimum atomic E-state index is -4.60. The largest absolute Gasteiger partial charge is 0.451 e. The van der Waals surface area contributed by atoms with Crippen LogP contribution in [0.2, 0.25) is 0 Å². The van der Waals surface area contributed by atoms with Crippen molar-refractivity contribution in [3.63, 3.8) is 0 Å². The number of ether oxygens (including phenoxy) is 2. The van der Waals surface area contributed by atoms with Crippen LogP contribution in [0.25, 0.3) is 11.0 Å². The van der Waals surface area contributed by atoms with E-state index in [1.807, 2.05) is 4.90 Å². The predicted molar refractivity (Wildman–Crippen MR) is 133 cm³/mol. The number of aromatic nitrogens is 2. The lowest BCUT2D eigenvalue weighted by atomic mass is 10.2. The van der Waals surface area contributed by atoms with Crippen LogP contribution in [0.4, 0.5) is 43.9 Å². The molecule has 1 fully saturated rings. The summed E-state index contributed by atoms with van der Waals surface area (Å²) in [6.07, 6.45) is -2.96. The summed E-state index contributed by atoms with van der Waals surface area (Å²) in [5, 5.41) is 4.38. The molecule has 0 radical (unpaired) electrons. The van der Waals surface area contributed by atoms with Crippen molar-refractivity contribution in [2.45, 2.75) is 6.18 Å². The Bertz CT molecular complexity index is 1500. The molecule has 0 saturated carbocycles. The Kier molecular flexibility index (Phi) is 7.15. The first-order chi connectivity index (χ1) is 18.7. The third-order valence-electron chi connectivity index (χ3n) is 5.76. The van der Waals surface area contributed by atoms with Crippen molar-refractivity contribution in [2.75, 3.05) is 41.8 Å². The first-order valence-corrected chi connectivity index (χ1v) is 11.7. The van der Waals surface area contributed by atoms with Crippen molar-refractivity contribution in [3.05, 3.63) is 78.0 Å². The third kappa shape index (κ3) is 6.14. The van der Waals surface area contributed by atoms with Crippen molar-refractivity contribution >= 4 is 34.3 Å². The van der Waals surface area contributed by atoms with Gasteiger partial charge in [0, 0.05) is 42.7 Å². The predicted octanol–water partition coefficient (Wildman–Crippen LogP) is 6.20. The zero-order valence-corrected chi connectivity index (χ0v) is 20.1. The van der Waals surface area contributed by atoms with Crippen LogP contribution in [0, 0.1) is 11.6 Å². The Morgan fingerprint density at radius 1 is 0.923 bits per heavy atom. The van der Waals surface area contributed by atoms with Crippen LogP contribution in [-0.4, -0.2) is 42.3 Å². The third-order valence-corrected chi connectivity index (χ3v) is 5.76. The lowest BCUT2D eigenvalue weighted by Gasteiger charge is -2.27. The molecule has 1 saturated heterocycles. The quantitative estimate of drug-likeness (QED) is 0.291. The maximum Gasteiger partial charge on any atom is 0.416 e. The monoisotopic (exact) mass is 545 g/mol. The number of halogens is 5. The van der Waals surface area contributed by atoms with E-state index in [1.54, 1.807) is 12.3 Å². The van der Waals surface area contributed by atoms with Crippen molar-refractivity contribution < 1.29 is 36.2 Å². The van der Waals surface area contributed by atoms with Crippen molar-refractivity contribution in [1.29, 1.82) is 0 Å². The van der Waals surface area contributed by atoms with Crippen LogP contribution >= 0.6 is 0 Å². The molecule has 2 N–H and O–H groups in total. The van der Waals surface area contributed by atoms with E-state index in [-0.39, 0.29) is 17.1 Å². The number of amides is 2. The summed E-state index contributed by atoms with van der Waals surface area (Å²) >= 11 is 0. The fourth-order valence-corrected chi connectivity index (χ4v) is 3.90. The standard InChI is InChI=1S/C26H20F5N5O3/c27-19-11-17(34-25(37)33-16-3-1-2-15(10-16)26(29,30)31)12-20(28)24(19)39-18-4-5-21-22(13-18)35-23(14-32-21)36-6-8-38-9-7-36/h1-5,10-14H,6-9H2,(H2,33,34,37). The van der Waals surface area contributed by atoms with Gasteiger partial charge in [0.1, 0.15) is 11.6 Å². The van der Waals surface area contributed by atoms with Gasteiger partial charge in [-0.2, -0.15) is 13.2 Å². The van der Waals surface area contributed by atoms with Gasteiger partial charge in [0.15, 0.2) is 17.4 Å². The zero-order valence-electron chi connectivity index (χ0n) is 20.1. The normalized spacial score (nSPS) is 13.8. The number of carbonyl (C=O) groups is 1. The van der Waals surface area contributed by atoms with Crippen LogP contribution < -0.4 is 20.3 Å². The minimum Gasteiger partial charge on any atom is -0.451 e. The Balaban J connectivity index is 1.29. The van der Waals surface area contributed by atoms with E-state index in [9.17, 15) is 26.7 Å². The molecule has 1 aliphatic rings. The van der Waals surface area contributed by atoms with E-state index in [4.69, 9.17) is 9.47 Å². The van der Waals surface area contributed by atoms with Gasteiger partial charge < -0.3 is 25.0 Å². The number of benzene rings is 3. The van der Waals surface area contributed by atoms with Gasteiger partial charge in [-0.3, -0.25) is 4.98 Å². The fourth-order valence-electron chi connectivity index (χ4n) is 3.90. The number of hydrogen-bond acceptors (Lipinski definition) is 6. The van der Waals surface area contributed by atoms with Crippen LogP contribution in [0.3, 0.4) is 0 Å². The highest BCUT2D eigenvalue weighted by Gasteiger charge is 2.30. The second kappa shape index (κ2) is 10.7. The molecule has 1 aromatic heterocycles. The highest BCUT2D eigenvalue weighted by Crippen LogP contribution is 2.33. The minimum absolute atomic E-state index is 0.108. The lowest BCUT2D eigenvalue weighted by Crippen LogP contribution is -2.36. The molecule has 3 aromatic carbocycles. The van der Waals surface area contributed by atoms with Gasteiger partial charge in [0.05, 0.1) is 36.0 Å². The van der Waals surface area contributed by atoms with Gasteiger partial charge >= 0.3 is 12.2 Å². The molecule has 39 heavy (non-hydrogen) atoms. The summed E-state index contributed by atoms with van der Waals surface area (Å²) < 4.78 is 78.9. The molecule has 2 amide bonds. The van der Waals surface area contributed by atoms with Crippen molar-refractivity contribution in [2.24, 2.45) is 0 Å². The smallest absolute Gasteiger partial charge is 0.416 e. The summed E-state index contributed by atoms with van der Waals surface area (Å²) in [4.78, 5) is 23.2. The first kappa shape index (κ1) is 26.1. The summed E-state index contributed by atoms with van der Waals surface area (Å²) in [7, 11) is 0. The van der Waals surface area contributed by atoms with E-state index in [0.717, 1.165) is 30.3 Å². The molecule has 0 bridgehead atoms. The van der Waals surface area contributed by atoms with Crippen LogP contribution in [0.1, 0.15) is 5.56 Å². The molecule has 202 valence electrons. The average molecular weight is 545 g/mol. The number of nitrogens with one attached hydrogen (secondary N) is 2. The number of urea groups is 1. The number of rotatable bonds is 5. The lowest BCUT2D eigenvalue weighted by molar-refractivity contribution is -0.137. The molecule has 5 rings (SSSR count). The van der Waals surface area contributed by atoms with Gasteiger partial charge in [0.2, 0.25) is 0 Å². The van der Waals surface area contributed by atoms with Crippen molar-refractivity contribution in [3.8, 4) is 11.5 Å². The highest BCUT2D eigenvalue weighted by molar-refractivity contribution is 5.99. The van der Waals surface area contributed by atoms with E-state index in [0.29, 0.717) is 43.2 Å². The number of fused-ring (bicyclic) bond motifs is 1. The Labute approximate surface area is 218 Å². The van der Waals surface area contributed by atoms with Crippen LogP contribution in [0.15, 0.2) is 60.8 Å². The number of anilines is 3. The fraction of sp³-hybridized carbons (Fsp3) is 0.192. The van der Waals surface area contributed by atoms with Crippen molar-refractivity contribution in [1.82, 2.24) is 9.97 Å². The topological polar surface area (TPSA) is 88.6 Å². The summed E-state index contributed by atoms with van der Waals surface area (Å²) in [5.41, 5.74) is -0.370. The van der Waals surface area contributed by atoms with Gasteiger partial charge in [-0.05, 0) is 30.3 Å². The van der Waals surface area contributed by atoms with Gasteiger partial charge in [-0.15, -0.1) is 0 Å². The number of nitrogens with zero attached hydrogens (tertiary/aromatic N) is 3. The number of morpholine rings is 1. The van der Waals surface area contributed by atoms with Gasteiger partial charge in [0.25, 0.3) is 0 Å². The maximum atomic E-state index is 14.8. The molecular formula is C26H20F5N5O3. The first-order valence-electron chi connectivity index (χ1n) is 11.7. The molecule has 2 heterocycles. The average Bonchev–Trinajstić information content (AvgIpc) is 2.90. The molecule has 0 spiro atoms. The molecule has 0 unspecified atom stereocenters. The number of hydrogen-bond donors (Lipinski definition) is 2. The molecule has 4 aromatic rings. The molecule has 8 nitrogen and oxygen atoms in total. The second-order valence-electron chi connectivity index (χ2n) is 8.51. The Morgan fingerprint density at radius 2 is 1.64 bits per heavy atom. The Hall–Kier alpha value is -4.52. The van der Waals surface area contributed by atoms with Gasteiger partial charge in [-0.1, -0.05) is 6.07 Å². The molecule has 1 aliphatic heterocycles. The summed E-state index contributed by atoms with van der Waals surface area (Å²) in [5.74, 6) is -2.19. The highest BCUT2D eigenvalue weighted by atomic mass is 19.4. The molecular weight excluding hydrogens is 525 g/mol. The SMILES string of the molecule is O=C(Nc1cccc(C(F)(F)F)c1)Nc1cc(F)c(Oc2ccc3ncc(N4CCOCC4)nc3c2)c(F)c1. The van der Waals surface area contributed by atoms with E-state index >= 15 is 0 Å². The van der Waals surface area contributed by atoms with Gasteiger partial charge in [-0.25, -0.2) is 18.6 Å². The summed E-state index contributed by atoms with van der Waals surface area (Å²) in [6, 6.07) is 9.17. The number of alkyl halides is 3. The van der Waals surface area contributed by atoms with Crippen LogP contribution in [-0.2, 0) is 10.9 Å². The molecule has 0 atom stereocenters. The maximum absolute atomic E-state index is 14.8. The second-order valence-corrected chi connectivity index (χ2v) is 8.51. The van der Waals surface area contributed by atoms with E-state index in [2.05, 4.69) is 20.6 Å². The summed E-state index contributed by atoms with van der Waals surface area (Å²) in [6.45, 7) is 2.45. The van der Waals surface area contributed by atoms with Crippen LogP contribution in [0.5, 0.6) is 11.5 Å². The van der Waals surface area contributed by atoms with E-state index < -0.39 is 35.2 Å².